The molecule has 0 radical (unpaired) electrons. The Morgan fingerprint density at radius 3 is 2.45 bits per heavy atom. The van der Waals surface area contributed by atoms with Gasteiger partial charge in [-0.05, 0) is 12.1 Å². The molecule has 1 aliphatic rings. The Labute approximate surface area is 124 Å². The fraction of sp³-hybridized carbons (Fsp3) is 0.125. The van der Waals surface area contributed by atoms with Crippen LogP contribution in [0.3, 0.4) is 0 Å². The molecule has 1 aromatic heterocycles. The van der Waals surface area contributed by atoms with Crippen molar-refractivity contribution in [2.45, 2.75) is 12.5 Å². The number of nitrogens with zero attached hydrogens (tertiary/aromatic N) is 2. The van der Waals surface area contributed by atoms with Crippen LogP contribution in [0, 0.1) is 10.1 Å². The Hall–Kier alpha value is -3.02. The summed E-state index contributed by atoms with van der Waals surface area (Å²) in [7, 11) is 0. The summed E-state index contributed by atoms with van der Waals surface area (Å²) < 4.78 is 1.31. The minimum atomic E-state index is -2.29. The lowest BCUT2D eigenvalue weighted by Gasteiger charge is -2.24. The van der Waals surface area contributed by atoms with Gasteiger partial charge >= 0.3 is 11.4 Å². The van der Waals surface area contributed by atoms with Gasteiger partial charge in [0.25, 0.3) is 5.78 Å². The molecule has 2 heterocycles. The number of aromatic nitrogens is 1. The van der Waals surface area contributed by atoms with Crippen LogP contribution in [-0.2, 0) is 0 Å². The molecule has 0 saturated carbocycles. The van der Waals surface area contributed by atoms with Gasteiger partial charge in [0.15, 0.2) is 0 Å². The number of hydrogen-bond acceptors (Lipinski definition) is 4. The highest BCUT2D eigenvalue weighted by molar-refractivity contribution is 6.30. The zero-order chi connectivity index (χ0) is 15.6. The summed E-state index contributed by atoms with van der Waals surface area (Å²) in [5, 5.41) is 13.0. The van der Waals surface area contributed by atoms with Crippen LogP contribution >= 0.6 is 0 Å². The van der Waals surface area contributed by atoms with E-state index in [9.17, 15) is 19.7 Å². The predicted octanol–water partition coefficient (Wildman–Crippen LogP) is 2.67. The van der Waals surface area contributed by atoms with Crippen molar-refractivity contribution in [3.63, 3.8) is 0 Å². The van der Waals surface area contributed by atoms with Crippen LogP contribution in [0.5, 0.6) is 0 Å². The summed E-state index contributed by atoms with van der Waals surface area (Å²) in [5.74, 6) is -1.57. The van der Waals surface area contributed by atoms with Crippen LogP contribution in [0.15, 0.2) is 42.5 Å². The maximum Gasteiger partial charge on any atom is 0.358 e. The van der Waals surface area contributed by atoms with Crippen molar-refractivity contribution < 1.29 is 14.5 Å². The van der Waals surface area contributed by atoms with Gasteiger partial charge in [-0.15, -0.1) is 0 Å². The van der Waals surface area contributed by atoms with Gasteiger partial charge in [-0.1, -0.05) is 30.3 Å². The Balaban J connectivity index is 2.28. The first-order chi connectivity index (χ1) is 10.5. The highest BCUT2D eigenvalue weighted by atomic mass is 16.6. The third-order valence-electron chi connectivity index (χ3n) is 4.37. The lowest BCUT2D eigenvalue weighted by atomic mass is 9.87. The Bertz CT molecular complexity index is 1020. The molecule has 2 aromatic carbocycles. The zero-order valence-electron chi connectivity index (χ0n) is 11.6. The number of benzene rings is 2. The highest BCUT2D eigenvalue weighted by Gasteiger charge is 2.58. The first kappa shape index (κ1) is 12.7. The van der Waals surface area contributed by atoms with Gasteiger partial charge in [-0.2, -0.15) is 0 Å². The average Bonchev–Trinajstić information content (AvgIpc) is 2.86. The van der Waals surface area contributed by atoms with E-state index in [1.54, 1.807) is 18.2 Å². The molecule has 4 rings (SSSR count). The van der Waals surface area contributed by atoms with E-state index < -0.39 is 22.2 Å². The van der Waals surface area contributed by atoms with E-state index in [4.69, 9.17) is 0 Å². The van der Waals surface area contributed by atoms with Crippen LogP contribution in [0.2, 0.25) is 0 Å². The van der Waals surface area contributed by atoms with Gasteiger partial charge < -0.3 is 0 Å². The first-order valence-corrected chi connectivity index (χ1v) is 6.74. The lowest BCUT2D eigenvalue weighted by molar-refractivity contribution is -0.527. The van der Waals surface area contributed by atoms with E-state index in [0.717, 1.165) is 17.7 Å². The fourth-order valence-electron chi connectivity index (χ4n) is 3.15. The average molecular weight is 294 g/mol. The topological polar surface area (TPSA) is 82.2 Å². The summed E-state index contributed by atoms with van der Waals surface area (Å²) in [6.07, 6.45) is 0. The number of hydrogen-bond donors (Lipinski definition) is 0. The zero-order valence-corrected chi connectivity index (χ0v) is 11.6. The van der Waals surface area contributed by atoms with E-state index in [-0.39, 0.29) is 5.56 Å². The van der Waals surface area contributed by atoms with Crippen molar-refractivity contribution in [3.05, 3.63) is 58.1 Å². The van der Waals surface area contributed by atoms with Gasteiger partial charge in [0.2, 0.25) is 0 Å². The van der Waals surface area contributed by atoms with Crippen LogP contribution in [-0.4, -0.2) is 26.7 Å². The maximum absolute atomic E-state index is 12.8. The quantitative estimate of drug-likeness (QED) is 0.392. The first-order valence-electron chi connectivity index (χ1n) is 6.74. The molecule has 0 fully saturated rings. The van der Waals surface area contributed by atoms with Gasteiger partial charge in [-0.25, -0.2) is 0 Å². The van der Waals surface area contributed by atoms with E-state index in [0.29, 0.717) is 11.0 Å². The number of carbonyl (C=O) groups excluding carboxylic acids is 2. The largest absolute Gasteiger partial charge is 0.358 e. The molecule has 1 atom stereocenters. The standard InChI is InChI=1S/C16H10N2O4/c1-16(18(21)22)14(19)11-7-4-6-10-9-5-2-3-8-12(9)17(13(10)11)15(16)20/h2-8H,1H3. The molecule has 0 N–H and O–H groups in total. The van der Waals surface area contributed by atoms with E-state index in [1.807, 2.05) is 18.2 Å². The molecule has 1 unspecified atom stereocenters. The molecule has 22 heavy (non-hydrogen) atoms. The summed E-state index contributed by atoms with van der Waals surface area (Å²) in [5.41, 5.74) is -1.04. The van der Waals surface area contributed by atoms with Crippen LogP contribution in [0.25, 0.3) is 21.8 Å². The smallest absolute Gasteiger partial charge is 0.285 e. The molecule has 0 bridgehead atoms. The van der Waals surface area contributed by atoms with Crippen molar-refractivity contribution >= 4 is 33.5 Å². The normalized spacial score (nSPS) is 20.8. The molecular formula is C16H10N2O4. The number of rotatable bonds is 1. The molecule has 6 heteroatoms. The molecule has 0 spiro atoms. The molecule has 0 amide bonds. The summed E-state index contributed by atoms with van der Waals surface area (Å²) >= 11 is 0. The number of fused-ring (bicyclic) bond motifs is 3. The predicted molar refractivity (Wildman–Crippen MR) is 79.8 cm³/mol. The summed E-state index contributed by atoms with van der Waals surface area (Å²) in [6, 6.07) is 12.2. The van der Waals surface area contributed by atoms with Crippen molar-refractivity contribution in [1.82, 2.24) is 4.57 Å². The van der Waals surface area contributed by atoms with E-state index in [2.05, 4.69) is 0 Å². The molecule has 0 aliphatic carbocycles. The number of carbonyl (C=O) groups is 2. The number of para-hydroxylation sites is 2. The lowest BCUT2D eigenvalue weighted by Crippen LogP contribution is -2.55. The van der Waals surface area contributed by atoms with Crippen LogP contribution < -0.4 is 0 Å². The SMILES string of the molecule is CC1([N+](=O)[O-])C(=O)c2cccc3c4ccccc4n(c23)C1=O. The van der Waals surface area contributed by atoms with Gasteiger partial charge in [-0.3, -0.25) is 24.3 Å². The van der Waals surface area contributed by atoms with Crippen LogP contribution in [0.1, 0.15) is 22.1 Å². The van der Waals surface area contributed by atoms with Crippen LogP contribution in [0.4, 0.5) is 0 Å². The van der Waals surface area contributed by atoms with Crippen molar-refractivity contribution in [3.8, 4) is 0 Å². The summed E-state index contributed by atoms with van der Waals surface area (Å²) in [4.78, 5) is 36.0. The fourth-order valence-corrected chi connectivity index (χ4v) is 3.15. The minimum absolute atomic E-state index is 0.215. The molecule has 0 saturated heterocycles. The highest BCUT2D eigenvalue weighted by Crippen LogP contribution is 2.38. The second-order valence-electron chi connectivity index (χ2n) is 5.52. The molecular weight excluding hydrogens is 284 g/mol. The molecule has 3 aromatic rings. The minimum Gasteiger partial charge on any atom is -0.285 e. The molecule has 108 valence electrons. The monoisotopic (exact) mass is 294 g/mol. The Morgan fingerprint density at radius 1 is 1.05 bits per heavy atom. The van der Waals surface area contributed by atoms with E-state index in [1.165, 1.54) is 10.6 Å². The number of Topliss-reactive ketones (excluding diaryl/α,β-unsaturated/α-hetero) is 1. The Morgan fingerprint density at radius 2 is 1.73 bits per heavy atom. The Kier molecular flexibility index (Phi) is 2.19. The third-order valence-corrected chi connectivity index (χ3v) is 4.37. The van der Waals surface area contributed by atoms with Crippen molar-refractivity contribution in [2.24, 2.45) is 0 Å². The number of nitro groups is 1. The third kappa shape index (κ3) is 1.21. The number of ketones is 1. The summed E-state index contributed by atoms with van der Waals surface area (Å²) in [6.45, 7) is 1.08. The van der Waals surface area contributed by atoms with Gasteiger partial charge in [0, 0.05) is 22.6 Å². The van der Waals surface area contributed by atoms with Crippen molar-refractivity contribution in [1.29, 1.82) is 0 Å². The van der Waals surface area contributed by atoms with Gasteiger partial charge in [0.05, 0.1) is 16.6 Å². The molecule has 1 aliphatic heterocycles. The molecule has 6 nitrogen and oxygen atoms in total. The van der Waals surface area contributed by atoms with E-state index >= 15 is 0 Å². The maximum atomic E-state index is 12.8. The van der Waals surface area contributed by atoms with Gasteiger partial charge in [0.1, 0.15) is 0 Å². The second-order valence-corrected chi connectivity index (χ2v) is 5.52. The van der Waals surface area contributed by atoms with Crippen molar-refractivity contribution in [2.75, 3.05) is 0 Å². The second kappa shape index (κ2) is 3.79.